The molecule has 1 aliphatic carbocycles. The number of carbonyl (C=O) groups is 1. The lowest BCUT2D eigenvalue weighted by atomic mass is 10.0. The molecular weight excluding hydrogens is 292 g/mol. The molecule has 2 unspecified atom stereocenters. The quantitative estimate of drug-likeness (QED) is 0.729. The van der Waals surface area contributed by atoms with Crippen molar-refractivity contribution >= 4 is 6.09 Å². The number of rotatable bonds is 7. The van der Waals surface area contributed by atoms with Crippen LogP contribution in [0.2, 0.25) is 0 Å². The lowest BCUT2D eigenvalue weighted by Gasteiger charge is -2.30. The van der Waals surface area contributed by atoms with E-state index < -0.39 is 5.60 Å². The summed E-state index contributed by atoms with van der Waals surface area (Å²) in [7, 11) is 0. The second-order valence-corrected chi connectivity index (χ2v) is 7.83. The number of carbonyl (C=O) groups excluding carboxylic acids is 1. The molecule has 1 heterocycles. The first-order chi connectivity index (χ1) is 10.9. The van der Waals surface area contributed by atoms with Crippen LogP contribution in [0.3, 0.4) is 0 Å². The molecule has 1 saturated heterocycles. The second kappa shape index (κ2) is 8.34. The van der Waals surface area contributed by atoms with Crippen molar-refractivity contribution in [2.45, 2.75) is 90.0 Å². The van der Waals surface area contributed by atoms with Crippen LogP contribution in [0.5, 0.6) is 0 Å². The Labute approximate surface area is 141 Å². The Hall–Kier alpha value is -0.810. The van der Waals surface area contributed by atoms with Crippen molar-refractivity contribution in [1.82, 2.24) is 10.2 Å². The number of hydrogen-bond donors (Lipinski definition) is 1. The minimum absolute atomic E-state index is 0.155. The summed E-state index contributed by atoms with van der Waals surface area (Å²) in [6, 6.07) is 0.960. The van der Waals surface area contributed by atoms with Crippen LogP contribution in [-0.2, 0) is 9.47 Å². The zero-order valence-corrected chi connectivity index (χ0v) is 15.3. The fourth-order valence-electron chi connectivity index (χ4n) is 3.04. The Morgan fingerprint density at radius 1 is 1.30 bits per heavy atom. The molecule has 1 saturated carbocycles. The lowest BCUT2D eigenvalue weighted by molar-refractivity contribution is -0.000189. The largest absolute Gasteiger partial charge is 0.444 e. The van der Waals surface area contributed by atoms with E-state index in [0.717, 1.165) is 58.2 Å². The maximum Gasteiger partial charge on any atom is 0.410 e. The molecule has 0 aromatic carbocycles. The first kappa shape index (κ1) is 18.5. The van der Waals surface area contributed by atoms with Crippen LogP contribution < -0.4 is 5.32 Å². The standard InChI is InChI=1S/C18H34N2O3/c1-5-16-13-14(9-12-22-16)19-10-6-11-20(15-7-8-15)17(21)23-18(2,3)4/h14-16,19H,5-13H2,1-4H3. The molecular formula is C18H34N2O3. The summed E-state index contributed by atoms with van der Waals surface area (Å²) in [5.41, 5.74) is -0.417. The molecule has 1 N–H and O–H groups in total. The Balaban J connectivity index is 1.67. The maximum absolute atomic E-state index is 12.3. The zero-order chi connectivity index (χ0) is 16.9. The van der Waals surface area contributed by atoms with Crippen molar-refractivity contribution in [3.05, 3.63) is 0 Å². The molecule has 2 fully saturated rings. The van der Waals surface area contributed by atoms with E-state index in [1.807, 2.05) is 25.7 Å². The number of nitrogens with zero attached hydrogens (tertiary/aromatic N) is 1. The van der Waals surface area contributed by atoms with Gasteiger partial charge in [0.05, 0.1) is 6.10 Å². The molecule has 0 aromatic heterocycles. The SMILES string of the molecule is CCC1CC(NCCCN(C(=O)OC(C)(C)C)C2CC2)CCO1. The highest BCUT2D eigenvalue weighted by molar-refractivity contribution is 5.69. The minimum Gasteiger partial charge on any atom is -0.444 e. The summed E-state index contributed by atoms with van der Waals surface area (Å²) >= 11 is 0. The summed E-state index contributed by atoms with van der Waals surface area (Å²) in [5, 5.41) is 3.63. The van der Waals surface area contributed by atoms with Crippen molar-refractivity contribution in [2.24, 2.45) is 0 Å². The first-order valence-corrected chi connectivity index (χ1v) is 9.23. The van der Waals surface area contributed by atoms with Crippen LogP contribution in [0.1, 0.15) is 66.2 Å². The molecule has 23 heavy (non-hydrogen) atoms. The van der Waals surface area contributed by atoms with Crippen molar-refractivity contribution in [1.29, 1.82) is 0 Å². The van der Waals surface area contributed by atoms with E-state index in [1.54, 1.807) is 0 Å². The van der Waals surface area contributed by atoms with Gasteiger partial charge in [0.2, 0.25) is 0 Å². The smallest absolute Gasteiger partial charge is 0.410 e. The van der Waals surface area contributed by atoms with Crippen molar-refractivity contribution in [2.75, 3.05) is 19.7 Å². The van der Waals surface area contributed by atoms with Gasteiger partial charge in [0.1, 0.15) is 5.60 Å². The molecule has 0 aromatic rings. The van der Waals surface area contributed by atoms with Crippen LogP contribution in [0.15, 0.2) is 0 Å². The van der Waals surface area contributed by atoms with Crippen LogP contribution in [0.25, 0.3) is 0 Å². The van der Waals surface area contributed by atoms with E-state index in [9.17, 15) is 4.79 Å². The van der Waals surface area contributed by atoms with Crippen LogP contribution in [0, 0.1) is 0 Å². The third kappa shape index (κ3) is 6.68. The van der Waals surface area contributed by atoms with Gasteiger partial charge in [0, 0.05) is 25.2 Å². The molecule has 134 valence electrons. The number of hydrogen-bond acceptors (Lipinski definition) is 4. The van der Waals surface area contributed by atoms with E-state index in [2.05, 4.69) is 12.2 Å². The third-order valence-electron chi connectivity index (χ3n) is 4.45. The summed E-state index contributed by atoms with van der Waals surface area (Å²) < 4.78 is 11.2. The van der Waals surface area contributed by atoms with E-state index in [0.29, 0.717) is 18.2 Å². The van der Waals surface area contributed by atoms with Gasteiger partial charge < -0.3 is 19.7 Å². The van der Waals surface area contributed by atoms with E-state index in [4.69, 9.17) is 9.47 Å². The Kier molecular flexibility index (Phi) is 6.72. The van der Waals surface area contributed by atoms with Crippen LogP contribution in [-0.4, -0.2) is 54.5 Å². The highest BCUT2D eigenvalue weighted by Crippen LogP contribution is 2.28. The molecule has 2 atom stereocenters. The van der Waals surface area contributed by atoms with Crippen molar-refractivity contribution in [3.63, 3.8) is 0 Å². The van der Waals surface area contributed by atoms with Gasteiger partial charge in [0.15, 0.2) is 0 Å². The summed E-state index contributed by atoms with van der Waals surface area (Å²) in [6.45, 7) is 10.6. The van der Waals surface area contributed by atoms with Gasteiger partial charge in [-0.05, 0) is 65.8 Å². The average molecular weight is 326 g/mol. The molecule has 2 rings (SSSR count). The fraction of sp³-hybridized carbons (Fsp3) is 0.944. The molecule has 1 amide bonds. The van der Waals surface area contributed by atoms with Crippen LogP contribution in [0.4, 0.5) is 4.79 Å². The number of amides is 1. The van der Waals surface area contributed by atoms with E-state index >= 15 is 0 Å². The van der Waals surface area contributed by atoms with Gasteiger partial charge in [-0.3, -0.25) is 0 Å². The number of ether oxygens (including phenoxy) is 2. The third-order valence-corrected chi connectivity index (χ3v) is 4.45. The Morgan fingerprint density at radius 2 is 2.04 bits per heavy atom. The first-order valence-electron chi connectivity index (χ1n) is 9.23. The predicted molar refractivity (Wildman–Crippen MR) is 91.6 cm³/mol. The number of nitrogens with one attached hydrogen (secondary N) is 1. The zero-order valence-electron chi connectivity index (χ0n) is 15.3. The highest BCUT2D eigenvalue weighted by atomic mass is 16.6. The fourth-order valence-corrected chi connectivity index (χ4v) is 3.04. The average Bonchev–Trinajstić information content (AvgIpc) is 3.30. The van der Waals surface area contributed by atoms with Crippen molar-refractivity contribution < 1.29 is 14.3 Å². The van der Waals surface area contributed by atoms with Gasteiger partial charge in [-0.15, -0.1) is 0 Å². The molecule has 5 nitrogen and oxygen atoms in total. The molecule has 2 aliphatic rings. The normalized spacial score (nSPS) is 25.2. The molecule has 5 heteroatoms. The van der Waals surface area contributed by atoms with Gasteiger partial charge in [0.25, 0.3) is 0 Å². The lowest BCUT2D eigenvalue weighted by Crippen LogP contribution is -2.42. The van der Waals surface area contributed by atoms with Gasteiger partial charge in [-0.25, -0.2) is 4.79 Å². The molecule has 0 radical (unpaired) electrons. The highest BCUT2D eigenvalue weighted by Gasteiger charge is 2.34. The van der Waals surface area contributed by atoms with E-state index in [-0.39, 0.29) is 6.09 Å². The Morgan fingerprint density at radius 3 is 2.65 bits per heavy atom. The van der Waals surface area contributed by atoms with Crippen LogP contribution >= 0.6 is 0 Å². The van der Waals surface area contributed by atoms with Gasteiger partial charge >= 0.3 is 6.09 Å². The van der Waals surface area contributed by atoms with Gasteiger partial charge in [-0.2, -0.15) is 0 Å². The molecule has 1 aliphatic heterocycles. The minimum atomic E-state index is -0.417. The summed E-state index contributed by atoms with van der Waals surface area (Å²) in [6.07, 6.45) is 6.75. The second-order valence-electron chi connectivity index (χ2n) is 7.83. The predicted octanol–water partition coefficient (Wildman–Crippen LogP) is 3.32. The monoisotopic (exact) mass is 326 g/mol. The topological polar surface area (TPSA) is 50.8 Å². The Bertz CT molecular complexity index is 377. The summed E-state index contributed by atoms with van der Waals surface area (Å²) in [5.74, 6) is 0. The molecule has 0 bridgehead atoms. The van der Waals surface area contributed by atoms with Crippen molar-refractivity contribution in [3.8, 4) is 0 Å². The summed E-state index contributed by atoms with van der Waals surface area (Å²) in [4.78, 5) is 14.2. The molecule has 0 spiro atoms. The maximum atomic E-state index is 12.3. The van der Waals surface area contributed by atoms with Gasteiger partial charge in [-0.1, -0.05) is 6.92 Å². The van der Waals surface area contributed by atoms with E-state index in [1.165, 1.54) is 0 Å².